The summed E-state index contributed by atoms with van der Waals surface area (Å²) in [5.41, 5.74) is 0.833. The molecule has 2 aliphatic heterocycles. The van der Waals surface area contributed by atoms with E-state index in [2.05, 4.69) is 25.6 Å². The summed E-state index contributed by atoms with van der Waals surface area (Å²) in [6, 6.07) is 0.866. The van der Waals surface area contributed by atoms with Crippen molar-refractivity contribution >= 4 is 23.2 Å². The smallest absolute Gasteiger partial charge is 0.228 e. The number of fused-ring (bicyclic) bond motifs is 1. The highest BCUT2D eigenvalue weighted by Gasteiger charge is 2.24. The van der Waals surface area contributed by atoms with Gasteiger partial charge in [-0.15, -0.1) is 0 Å². The van der Waals surface area contributed by atoms with Gasteiger partial charge in [-0.1, -0.05) is 0 Å². The van der Waals surface area contributed by atoms with Crippen molar-refractivity contribution in [3.63, 3.8) is 0 Å². The molecule has 0 radical (unpaired) electrons. The van der Waals surface area contributed by atoms with Gasteiger partial charge < -0.3 is 10.6 Å². The standard InChI is InChI=1S/C20H21F2N7O/c21-13-7-14(22)20(26-12-3-1-5-23-8-12)27-19(13)15-9-24-16-10-25-17(11-29(15)16)28-6-2-4-18(28)30/h7,9-12,23H,1-6,8H2,(H,26,27)/t12-/m1/s1. The van der Waals surface area contributed by atoms with E-state index in [0.717, 1.165) is 31.9 Å². The molecule has 5 heterocycles. The fourth-order valence-electron chi connectivity index (χ4n) is 4.00. The van der Waals surface area contributed by atoms with Crippen LogP contribution in [0.5, 0.6) is 0 Å². The molecule has 3 aromatic heterocycles. The van der Waals surface area contributed by atoms with Crippen LogP contribution in [0.4, 0.5) is 20.4 Å². The number of halogens is 2. The van der Waals surface area contributed by atoms with E-state index in [1.54, 1.807) is 15.5 Å². The number of piperidine rings is 1. The second kappa shape index (κ2) is 7.60. The summed E-state index contributed by atoms with van der Waals surface area (Å²) in [5.74, 6) is -1.03. The number of carbonyl (C=O) groups excluding carboxylic acids is 1. The van der Waals surface area contributed by atoms with Gasteiger partial charge in [-0.25, -0.2) is 23.7 Å². The zero-order valence-electron chi connectivity index (χ0n) is 16.2. The Bertz CT molecular complexity index is 1110. The second-order valence-electron chi connectivity index (χ2n) is 7.60. The second-order valence-corrected chi connectivity index (χ2v) is 7.60. The maximum absolute atomic E-state index is 14.7. The summed E-state index contributed by atoms with van der Waals surface area (Å²) in [4.78, 5) is 26.5. The van der Waals surface area contributed by atoms with E-state index in [-0.39, 0.29) is 23.5 Å². The van der Waals surface area contributed by atoms with Crippen molar-refractivity contribution in [3.05, 3.63) is 36.3 Å². The van der Waals surface area contributed by atoms with Crippen LogP contribution in [0.15, 0.2) is 24.7 Å². The Hall–Kier alpha value is -3.14. The van der Waals surface area contributed by atoms with Gasteiger partial charge in [-0.05, 0) is 25.8 Å². The van der Waals surface area contributed by atoms with Crippen LogP contribution in [-0.2, 0) is 4.79 Å². The molecule has 3 aromatic rings. The lowest BCUT2D eigenvalue weighted by atomic mass is 10.1. The molecular weight excluding hydrogens is 392 g/mol. The Labute approximate surface area is 171 Å². The van der Waals surface area contributed by atoms with Gasteiger partial charge in [0.05, 0.1) is 24.3 Å². The number of carbonyl (C=O) groups is 1. The fraction of sp³-hybridized carbons (Fsp3) is 0.400. The third-order valence-corrected chi connectivity index (χ3v) is 5.54. The molecule has 0 aromatic carbocycles. The van der Waals surface area contributed by atoms with E-state index in [4.69, 9.17) is 0 Å². The topological polar surface area (TPSA) is 87.5 Å². The number of amides is 1. The van der Waals surface area contributed by atoms with E-state index in [1.165, 1.54) is 12.4 Å². The number of pyridine rings is 1. The molecule has 0 saturated carbocycles. The number of anilines is 2. The van der Waals surface area contributed by atoms with E-state index in [1.807, 2.05) is 0 Å². The van der Waals surface area contributed by atoms with Gasteiger partial charge in [0.25, 0.3) is 0 Å². The third kappa shape index (κ3) is 3.36. The Morgan fingerprint density at radius 1 is 1.17 bits per heavy atom. The van der Waals surface area contributed by atoms with Crippen LogP contribution >= 0.6 is 0 Å². The van der Waals surface area contributed by atoms with Crippen LogP contribution in [0.1, 0.15) is 25.7 Å². The van der Waals surface area contributed by atoms with E-state index in [9.17, 15) is 13.6 Å². The molecule has 0 aliphatic carbocycles. The van der Waals surface area contributed by atoms with Gasteiger partial charge in [-0.3, -0.25) is 14.1 Å². The number of aromatic nitrogens is 4. The van der Waals surface area contributed by atoms with Crippen molar-refractivity contribution in [3.8, 4) is 11.4 Å². The van der Waals surface area contributed by atoms with Crippen molar-refractivity contribution in [2.75, 3.05) is 29.9 Å². The zero-order valence-corrected chi connectivity index (χ0v) is 16.2. The van der Waals surface area contributed by atoms with Gasteiger partial charge >= 0.3 is 0 Å². The molecule has 2 N–H and O–H groups in total. The van der Waals surface area contributed by atoms with Crippen LogP contribution in [0.3, 0.4) is 0 Å². The summed E-state index contributed by atoms with van der Waals surface area (Å²) < 4.78 is 30.7. The number of nitrogens with one attached hydrogen (secondary N) is 2. The molecule has 1 atom stereocenters. The lowest BCUT2D eigenvalue weighted by molar-refractivity contribution is -0.117. The minimum absolute atomic E-state index is 0.00202. The molecular formula is C20H21F2N7O. The van der Waals surface area contributed by atoms with Crippen molar-refractivity contribution in [1.82, 2.24) is 24.7 Å². The molecule has 30 heavy (non-hydrogen) atoms. The summed E-state index contributed by atoms with van der Waals surface area (Å²) in [6.45, 7) is 2.22. The minimum atomic E-state index is -0.780. The fourth-order valence-corrected chi connectivity index (χ4v) is 4.00. The molecule has 156 valence electrons. The zero-order chi connectivity index (χ0) is 20.7. The van der Waals surface area contributed by atoms with Gasteiger partial charge in [-0.2, -0.15) is 0 Å². The highest BCUT2D eigenvalue weighted by molar-refractivity contribution is 5.94. The highest BCUT2D eigenvalue weighted by Crippen LogP contribution is 2.28. The van der Waals surface area contributed by atoms with Crippen molar-refractivity contribution in [1.29, 1.82) is 0 Å². The van der Waals surface area contributed by atoms with Crippen LogP contribution in [0.25, 0.3) is 17.0 Å². The van der Waals surface area contributed by atoms with Gasteiger partial charge in [0.15, 0.2) is 28.9 Å². The van der Waals surface area contributed by atoms with Gasteiger partial charge in [0.2, 0.25) is 5.91 Å². The normalized spacial score (nSPS) is 19.6. The van der Waals surface area contributed by atoms with Crippen LogP contribution in [0.2, 0.25) is 0 Å². The number of rotatable bonds is 4. The lowest BCUT2D eigenvalue weighted by Crippen LogP contribution is -2.38. The monoisotopic (exact) mass is 413 g/mol. The lowest BCUT2D eigenvalue weighted by Gasteiger charge is -2.24. The summed E-state index contributed by atoms with van der Waals surface area (Å²) in [6.07, 6.45) is 7.76. The number of nitrogens with zero attached hydrogens (tertiary/aromatic N) is 5. The SMILES string of the molecule is O=C1CCCN1c1cn2c(-c3nc(N[C@@H]4CCCNC4)c(F)cc3F)cnc2cn1. The highest BCUT2D eigenvalue weighted by atomic mass is 19.1. The maximum atomic E-state index is 14.7. The molecule has 2 aliphatic rings. The third-order valence-electron chi connectivity index (χ3n) is 5.54. The molecule has 0 bridgehead atoms. The summed E-state index contributed by atoms with van der Waals surface area (Å²) in [7, 11) is 0. The first-order chi connectivity index (χ1) is 14.6. The predicted molar refractivity (Wildman–Crippen MR) is 107 cm³/mol. The van der Waals surface area contributed by atoms with Crippen LogP contribution < -0.4 is 15.5 Å². The Morgan fingerprint density at radius 2 is 2.07 bits per heavy atom. The molecule has 1 amide bonds. The molecule has 0 spiro atoms. The Morgan fingerprint density at radius 3 is 2.83 bits per heavy atom. The molecule has 0 unspecified atom stereocenters. The Kier molecular flexibility index (Phi) is 4.78. The van der Waals surface area contributed by atoms with Crippen molar-refractivity contribution in [2.45, 2.75) is 31.7 Å². The molecule has 8 nitrogen and oxygen atoms in total. The molecule has 2 saturated heterocycles. The molecule has 10 heteroatoms. The van der Waals surface area contributed by atoms with Crippen LogP contribution in [-0.4, -0.2) is 50.9 Å². The van der Waals surface area contributed by atoms with E-state index >= 15 is 0 Å². The quantitative estimate of drug-likeness (QED) is 0.683. The van der Waals surface area contributed by atoms with Gasteiger partial charge in [0.1, 0.15) is 5.69 Å². The number of hydrogen-bond donors (Lipinski definition) is 2. The van der Waals surface area contributed by atoms with Crippen LogP contribution in [0, 0.1) is 11.6 Å². The predicted octanol–water partition coefficient (Wildman–Crippen LogP) is 2.36. The van der Waals surface area contributed by atoms with Gasteiger partial charge in [0, 0.05) is 31.6 Å². The first-order valence-corrected chi connectivity index (χ1v) is 10.1. The number of imidazole rings is 1. The maximum Gasteiger partial charge on any atom is 0.228 e. The van der Waals surface area contributed by atoms with E-state index < -0.39 is 11.6 Å². The summed E-state index contributed by atoms with van der Waals surface area (Å²) >= 11 is 0. The van der Waals surface area contributed by atoms with Crippen molar-refractivity contribution < 1.29 is 13.6 Å². The average Bonchev–Trinajstić information content (AvgIpc) is 3.36. The minimum Gasteiger partial charge on any atom is -0.364 e. The average molecular weight is 413 g/mol. The van der Waals surface area contributed by atoms with E-state index in [0.29, 0.717) is 36.7 Å². The first-order valence-electron chi connectivity index (χ1n) is 10.1. The number of hydrogen-bond acceptors (Lipinski definition) is 6. The molecule has 2 fully saturated rings. The summed E-state index contributed by atoms with van der Waals surface area (Å²) in [5, 5.41) is 6.33. The Balaban J connectivity index is 1.54. The first kappa shape index (κ1) is 18.9. The molecule has 5 rings (SSSR count). The van der Waals surface area contributed by atoms with Crippen molar-refractivity contribution in [2.24, 2.45) is 0 Å². The largest absolute Gasteiger partial charge is 0.364 e.